The lowest BCUT2D eigenvalue weighted by Gasteiger charge is -2.36. The maximum atomic E-state index is 14.3. The average Bonchev–Trinajstić information content (AvgIpc) is 3.32. The van der Waals surface area contributed by atoms with Crippen LogP contribution in [0.1, 0.15) is 13.3 Å². The number of fused-ring (bicyclic) bond motifs is 2. The van der Waals surface area contributed by atoms with Gasteiger partial charge < -0.3 is 29.3 Å². The van der Waals surface area contributed by atoms with E-state index in [2.05, 4.69) is 11.0 Å². The zero-order chi connectivity index (χ0) is 29.3. The summed E-state index contributed by atoms with van der Waals surface area (Å²) >= 11 is 1.59. The normalized spacial score (nSPS) is 31.2. The van der Waals surface area contributed by atoms with Crippen molar-refractivity contribution in [2.45, 2.75) is 29.4 Å². The lowest BCUT2D eigenvalue weighted by atomic mass is 9.78. The van der Waals surface area contributed by atoms with Crippen LogP contribution in [0.15, 0.2) is 48.6 Å². The highest BCUT2D eigenvalue weighted by molar-refractivity contribution is 8.02. The summed E-state index contributed by atoms with van der Waals surface area (Å²) in [6.45, 7) is 7.93. The first-order chi connectivity index (χ1) is 20.5. The number of aliphatic hydroxyl groups excluding tert-OH is 1. The van der Waals surface area contributed by atoms with Gasteiger partial charge in [-0.2, -0.15) is 0 Å². The summed E-state index contributed by atoms with van der Waals surface area (Å²) in [6, 6.07) is 6.75. The minimum Gasteiger partial charge on any atom is -0.494 e. The quantitative estimate of drug-likeness (QED) is 0.427. The van der Waals surface area contributed by atoms with Gasteiger partial charge in [0.05, 0.1) is 36.4 Å². The van der Waals surface area contributed by atoms with Crippen molar-refractivity contribution in [2.75, 3.05) is 77.1 Å². The standard InChI is InChI=1S/C31H40N4O6S/c1-2-41-23-9-7-22(8-10-23)34-13-3-6-24-25(28(34)37)26-29(38)35(14-5-19-36)27-30(39)33(12-4-11-31(26,27)42-24)16-15-32-17-20-40-21-18-32/h3-4,6-11,24-27,36H,2,5,12-21H2,1H3/t24-,25+,26+,27?,31+/m1/s1. The van der Waals surface area contributed by atoms with Crippen LogP contribution in [-0.2, 0) is 19.1 Å². The fourth-order valence-electron chi connectivity index (χ4n) is 7.07. The summed E-state index contributed by atoms with van der Waals surface area (Å²) < 4.78 is 10.2. The molecule has 5 aliphatic heterocycles. The molecule has 226 valence electrons. The van der Waals surface area contributed by atoms with Crippen molar-refractivity contribution in [3.05, 3.63) is 48.6 Å². The van der Waals surface area contributed by atoms with E-state index in [0.717, 1.165) is 31.1 Å². The van der Waals surface area contributed by atoms with E-state index in [1.807, 2.05) is 54.3 Å². The predicted octanol–water partition coefficient (Wildman–Crippen LogP) is 1.40. The molecule has 0 aliphatic carbocycles. The van der Waals surface area contributed by atoms with Crippen LogP contribution >= 0.6 is 11.8 Å². The minimum absolute atomic E-state index is 0.0780. The molecule has 3 fully saturated rings. The molecule has 42 heavy (non-hydrogen) atoms. The number of carbonyl (C=O) groups is 3. The number of ether oxygens (including phenoxy) is 2. The van der Waals surface area contributed by atoms with E-state index < -0.39 is 22.6 Å². The van der Waals surface area contributed by atoms with Gasteiger partial charge in [-0.15, -0.1) is 11.8 Å². The molecule has 5 atom stereocenters. The molecule has 0 bridgehead atoms. The first-order valence-corrected chi connectivity index (χ1v) is 15.9. The molecule has 6 rings (SSSR count). The second kappa shape index (κ2) is 12.4. The number of hydrogen-bond acceptors (Lipinski definition) is 8. The van der Waals surface area contributed by atoms with Crippen molar-refractivity contribution in [3.8, 4) is 5.75 Å². The SMILES string of the molecule is CCOc1ccc(N2CC=C[C@H]3S[C@]45C=CCN(CCN6CCOCC6)C(=O)C4N(CCCO)C(=O)[C@@H]5[C@H]3C2=O)cc1. The number of likely N-dealkylation sites (tertiary alicyclic amines) is 1. The number of thioether (sulfide) groups is 1. The highest BCUT2D eigenvalue weighted by Crippen LogP contribution is 2.61. The Morgan fingerprint density at radius 1 is 1.00 bits per heavy atom. The second-order valence-corrected chi connectivity index (χ2v) is 12.9. The molecule has 0 radical (unpaired) electrons. The second-order valence-electron chi connectivity index (χ2n) is 11.4. The van der Waals surface area contributed by atoms with Crippen LogP contribution in [0.3, 0.4) is 0 Å². The van der Waals surface area contributed by atoms with E-state index in [0.29, 0.717) is 45.9 Å². The molecule has 11 heteroatoms. The van der Waals surface area contributed by atoms with Crippen molar-refractivity contribution >= 4 is 35.2 Å². The van der Waals surface area contributed by atoms with Crippen molar-refractivity contribution in [3.63, 3.8) is 0 Å². The van der Waals surface area contributed by atoms with E-state index in [1.165, 1.54) is 0 Å². The van der Waals surface area contributed by atoms with Gasteiger partial charge in [-0.05, 0) is 37.6 Å². The van der Waals surface area contributed by atoms with E-state index in [4.69, 9.17) is 9.47 Å². The first-order valence-electron chi connectivity index (χ1n) is 15.0. The van der Waals surface area contributed by atoms with E-state index in [9.17, 15) is 19.5 Å². The molecule has 1 spiro atoms. The van der Waals surface area contributed by atoms with Gasteiger partial charge in [0.2, 0.25) is 17.7 Å². The molecule has 0 saturated carbocycles. The van der Waals surface area contributed by atoms with Gasteiger partial charge in [0, 0.05) is 63.4 Å². The fourth-order valence-corrected chi connectivity index (χ4v) is 9.08. The number of amides is 3. The molecule has 3 saturated heterocycles. The fraction of sp³-hybridized carbons (Fsp3) is 0.581. The summed E-state index contributed by atoms with van der Waals surface area (Å²) in [7, 11) is 0. The number of carbonyl (C=O) groups excluding carboxylic acids is 3. The van der Waals surface area contributed by atoms with Crippen LogP contribution < -0.4 is 9.64 Å². The third kappa shape index (κ3) is 5.14. The van der Waals surface area contributed by atoms with Crippen LogP contribution in [0, 0.1) is 11.8 Å². The van der Waals surface area contributed by atoms with Crippen molar-refractivity contribution < 1.29 is 29.0 Å². The summed E-state index contributed by atoms with van der Waals surface area (Å²) in [6.07, 6.45) is 8.50. The highest BCUT2D eigenvalue weighted by Gasteiger charge is 2.70. The third-order valence-electron chi connectivity index (χ3n) is 9.05. The number of benzene rings is 1. The number of nitrogens with zero attached hydrogens (tertiary/aromatic N) is 4. The topological polar surface area (TPSA) is 103 Å². The Hall–Kier alpha value is -2.86. The molecule has 1 aromatic carbocycles. The molecule has 1 N–H and O–H groups in total. The zero-order valence-electron chi connectivity index (χ0n) is 24.1. The summed E-state index contributed by atoms with van der Waals surface area (Å²) in [5.74, 6) is -0.889. The van der Waals surface area contributed by atoms with Crippen molar-refractivity contribution in [1.82, 2.24) is 14.7 Å². The number of morpholine rings is 1. The number of aliphatic hydroxyl groups is 1. The number of hydrogen-bond donors (Lipinski definition) is 1. The van der Waals surface area contributed by atoms with Crippen LogP contribution in [0.4, 0.5) is 5.69 Å². The van der Waals surface area contributed by atoms with Gasteiger partial charge in [0.15, 0.2) is 0 Å². The van der Waals surface area contributed by atoms with Crippen LogP contribution in [0.25, 0.3) is 0 Å². The smallest absolute Gasteiger partial charge is 0.247 e. The monoisotopic (exact) mass is 596 g/mol. The summed E-state index contributed by atoms with van der Waals surface area (Å²) in [5.41, 5.74) is 0.751. The van der Waals surface area contributed by atoms with Crippen molar-refractivity contribution in [2.24, 2.45) is 11.8 Å². The molecular formula is C31H40N4O6S. The molecule has 3 amide bonds. The molecule has 10 nitrogen and oxygen atoms in total. The van der Waals surface area contributed by atoms with Crippen molar-refractivity contribution in [1.29, 1.82) is 0 Å². The molecular weight excluding hydrogens is 556 g/mol. The number of rotatable bonds is 9. The van der Waals surface area contributed by atoms with Gasteiger partial charge in [-0.3, -0.25) is 19.3 Å². The van der Waals surface area contributed by atoms with E-state index in [-0.39, 0.29) is 36.1 Å². The molecule has 0 aromatic heterocycles. The third-order valence-corrected chi connectivity index (χ3v) is 10.8. The van der Waals surface area contributed by atoms with E-state index in [1.54, 1.807) is 21.6 Å². The maximum absolute atomic E-state index is 14.3. The summed E-state index contributed by atoms with van der Waals surface area (Å²) in [5, 5.41) is 9.42. The zero-order valence-corrected chi connectivity index (χ0v) is 24.9. The Morgan fingerprint density at radius 2 is 1.79 bits per heavy atom. The Kier molecular flexibility index (Phi) is 8.63. The van der Waals surface area contributed by atoms with Crippen LogP contribution in [0.2, 0.25) is 0 Å². The van der Waals surface area contributed by atoms with Gasteiger partial charge in [-0.1, -0.05) is 24.3 Å². The predicted molar refractivity (Wildman–Crippen MR) is 160 cm³/mol. The van der Waals surface area contributed by atoms with Crippen LogP contribution in [-0.4, -0.2) is 126 Å². The average molecular weight is 597 g/mol. The van der Waals surface area contributed by atoms with Gasteiger partial charge in [0.1, 0.15) is 11.8 Å². The molecule has 5 heterocycles. The Labute approximate surface area is 251 Å². The lowest BCUT2D eigenvalue weighted by molar-refractivity contribution is -0.142. The molecule has 1 unspecified atom stereocenters. The number of anilines is 1. The Bertz CT molecular complexity index is 1230. The highest BCUT2D eigenvalue weighted by atomic mass is 32.2. The Balaban J connectivity index is 1.30. The van der Waals surface area contributed by atoms with Gasteiger partial charge in [0.25, 0.3) is 0 Å². The largest absolute Gasteiger partial charge is 0.494 e. The van der Waals surface area contributed by atoms with E-state index >= 15 is 0 Å². The first kappa shape index (κ1) is 29.2. The molecule has 1 aromatic rings. The minimum atomic E-state index is -0.853. The summed E-state index contributed by atoms with van der Waals surface area (Å²) in [4.78, 5) is 50.5. The van der Waals surface area contributed by atoms with Gasteiger partial charge >= 0.3 is 0 Å². The lowest BCUT2D eigenvalue weighted by Crippen LogP contribution is -2.54. The van der Waals surface area contributed by atoms with Gasteiger partial charge in [-0.25, -0.2) is 0 Å². The molecule has 5 aliphatic rings. The van der Waals surface area contributed by atoms with Crippen LogP contribution in [0.5, 0.6) is 5.75 Å². The Morgan fingerprint density at radius 3 is 2.52 bits per heavy atom. The maximum Gasteiger partial charge on any atom is 0.247 e.